The van der Waals surface area contributed by atoms with Gasteiger partial charge in [-0.2, -0.15) is 0 Å². The quantitative estimate of drug-likeness (QED) is 0.383. The van der Waals surface area contributed by atoms with Gasteiger partial charge in [-0.05, 0) is 56.4 Å². The lowest BCUT2D eigenvalue weighted by Gasteiger charge is -2.32. The zero-order valence-electron chi connectivity index (χ0n) is 21.2. The number of aromatic nitrogens is 1. The Morgan fingerprint density at radius 2 is 1.83 bits per heavy atom. The van der Waals surface area contributed by atoms with Gasteiger partial charge < -0.3 is 30.5 Å². The summed E-state index contributed by atoms with van der Waals surface area (Å²) in [6.07, 6.45) is 6.25. The highest BCUT2D eigenvalue weighted by molar-refractivity contribution is 5.71. The van der Waals surface area contributed by atoms with Crippen LogP contribution in [0.5, 0.6) is 0 Å². The highest BCUT2D eigenvalue weighted by atomic mass is 19.1. The van der Waals surface area contributed by atoms with Crippen molar-refractivity contribution in [1.29, 1.82) is 0 Å². The summed E-state index contributed by atoms with van der Waals surface area (Å²) in [5.74, 6) is -0.320. The third-order valence-electron chi connectivity index (χ3n) is 7.18. The minimum atomic E-state index is -0.948. The zero-order valence-corrected chi connectivity index (χ0v) is 21.2. The number of benzene rings is 1. The van der Waals surface area contributed by atoms with Crippen LogP contribution in [0.3, 0.4) is 0 Å². The van der Waals surface area contributed by atoms with Crippen molar-refractivity contribution in [3.05, 3.63) is 42.1 Å². The van der Waals surface area contributed by atoms with Gasteiger partial charge in [-0.1, -0.05) is 6.07 Å². The van der Waals surface area contributed by atoms with Crippen molar-refractivity contribution in [2.24, 2.45) is 0 Å². The van der Waals surface area contributed by atoms with E-state index in [2.05, 4.69) is 27.9 Å². The number of anilines is 2. The summed E-state index contributed by atoms with van der Waals surface area (Å²) < 4.78 is 39.8. The number of hydrogen-bond acceptors (Lipinski definition) is 7. The summed E-state index contributed by atoms with van der Waals surface area (Å²) in [6.45, 7) is 3.97. The molecule has 0 amide bonds. The van der Waals surface area contributed by atoms with E-state index < -0.39 is 17.2 Å². The van der Waals surface area contributed by atoms with Crippen LogP contribution < -0.4 is 16.0 Å². The largest absolute Gasteiger partial charge is 0.388 e. The number of methoxy groups -OCH3 is 1. The molecule has 2 aromatic rings. The fraction of sp³-hybridized carbons (Fsp3) is 0.593. The van der Waals surface area contributed by atoms with Gasteiger partial charge in [0.15, 0.2) is 0 Å². The molecule has 1 aromatic heterocycles. The SMILES string of the molecule is COC[C@H](C)NC1CCC(Nc2cc(-c3ccc(F)c(NCC4(O)CCOCC4)c3)c(F)cn2)CC1. The molecule has 198 valence electrons. The van der Waals surface area contributed by atoms with Crippen molar-refractivity contribution in [1.82, 2.24) is 10.3 Å². The number of hydrogen-bond donors (Lipinski definition) is 4. The Kier molecular flexibility index (Phi) is 9.11. The Morgan fingerprint density at radius 3 is 2.56 bits per heavy atom. The molecule has 2 aliphatic rings. The van der Waals surface area contributed by atoms with Crippen molar-refractivity contribution >= 4 is 11.5 Å². The van der Waals surface area contributed by atoms with E-state index in [1.165, 1.54) is 12.3 Å². The topological polar surface area (TPSA) is 87.7 Å². The normalized spacial score (nSPS) is 22.7. The van der Waals surface area contributed by atoms with E-state index in [1.807, 2.05) is 0 Å². The smallest absolute Gasteiger partial charge is 0.149 e. The van der Waals surface area contributed by atoms with Crippen molar-refractivity contribution in [2.45, 2.75) is 69.2 Å². The van der Waals surface area contributed by atoms with E-state index in [0.29, 0.717) is 61.7 Å². The van der Waals surface area contributed by atoms with E-state index in [9.17, 15) is 13.9 Å². The second-order valence-corrected chi connectivity index (χ2v) is 10.2. The Bertz CT molecular complexity index is 995. The Hall–Kier alpha value is -2.33. The summed E-state index contributed by atoms with van der Waals surface area (Å²) in [4.78, 5) is 4.24. The van der Waals surface area contributed by atoms with E-state index in [1.54, 1.807) is 25.3 Å². The lowest BCUT2D eigenvalue weighted by atomic mass is 9.90. The maximum absolute atomic E-state index is 14.8. The second kappa shape index (κ2) is 12.3. The Labute approximate surface area is 212 Å². The maximum atomic E-state index is 14.8. The molecule has 7 nitrogen and oxygen atoms in total. The van der Waals surface area contributed by atoms with Gasteiger partial charge in [0.1, 0.15) is 17.5 Å². The first-order valence-electron chi connectivity index (χ1n) is 12.9. The fourth-order valence-corrected chi connectivity index (χ4v) is 5.07. The number of halogens is 2. The van der Waals surface area contributed by atoms with Crippen LogP contribution in [0, 0.1) is 11.6 Å². The molecule has 2 heterocycles. The first-order valence-corrected chi connectivity index (χ1v) is 12.9. The number of pyridine rings is 1. The first-order chi connectivity index (χ1) is 17.3. The van der Waals surface area contributed by atoms with Gasteiger partial charge >= 0.3 is 0 Å². The molecule has 1 saturated carbocycles. The predicted molar refractivity (Wildman–Crippen MR) is 137 cm³/mol. The summed E-state index contributed by atoms with van der Waals surface area (Å²) >= 11 is 0. The number of ether oxygens (including phenoxy) is 2. The van der Waals surface area contributed by atoms with Crippen molar-refractivity contribution < 1.29 is 23.4 Å². The van der Waals surface area contributed by atoms with Gasteiger partial charge in [-0.3, -0.25) is 0 Å². The van der Waals surface area contributed by atoms with Crippen LogP contribution in [0.25, 0.3) is 11.1 Å². The lowest BCUT2D eigenvalue weighted by molar-refractivity contribution is -0.0543. The fourth-order valence-electron chi connectivity index (χ4n) is 5.07. The van der Waals surface area contributed by atoms with Gasteiger partial charge in [0.05, 0.1) is 24.1 Å². The van der Waals surface area contributed by atoms with Crippen molar-refractivity contribution in [3.8, 4) is 11.1 Å². The zero-order chi connectivity index (χ0) is 25.5. The van der Waals surface area contributed by atoms with Crippen LogP contribution >= 0.6 is 0 Å². The van der Waals surface area contributed by atoms with Crippen LogP contribution in [0.1, 0.15) is 45.4 Å². The van der Waals surface area contributed by atoms with Gasteiger partial charge in [-0.15, -0.1) is 0 Å². The lowest BCUT2D eigenvalue weighted by Crippen LogP contribution is -2.42. The van der Waals surface area contributed by atoms with Crippen LogP contribution in [0.15, 0.2) is 30.5 Å². The number of nitrogens with one attached hydrogen (secondary N) is 3. The molecule has 4 N–H and O–H groups in total. The molecule has 2 fully saturated rings. The standard InChI is InChI=1S/C27H38F2N4O3/c1-18(16-35-2)32-20-4-6-21(7-5-20)33-26-14-22(24(29)15-30-26)19-3-8-23(28)25(13-19)31-17-27(34)9-11-36-12-10-27/h3,8,13-15,18,20-21,31-32,34H,4-7,9-12,16-17H2,1-2H3,(H,30,33)/t18-,20?,21?/m0/s1. The summed E-state index contributed by atoms with van der Waals surface area (Å²) in [5.41, 5.74) is 0.173. The minimum Gasteiger partial charge on any atom is -0.388 e. The van der Waals surface area contributed by atoms with E-state index in [4.69, 9.17) is 9.47 Å². The van der Waals surface area contributed by atoms with E-state index in [0.717, 1.165) is 25.7 Å². The molecule has 0 radical (unpaired) electrons. The average molecular weight is 505 g/mol. The van der Waals surface area contributed by atoms with Crippen LogP contribution in [0.2, 0.25) is 0 Å². The van der Waals surface area contributed by atoms with E-state index in [-0.39, 0.29) is 18.3 Å². The van der Waals surface area contributed by atoms with Crippen molar-refractivity contribution in [2.75, 3.05) is 44.1 Å². The van der Waals surface area contributed by atoms with E-state index >= 15 is 0 Å². The third kappa shape index (κ3) is 7.12. The summed E-state index contributed by atoms with van der Waals surface area (Å²) in [6, 6.07) is 7.19. The van der Waals surface area contributed by atoms with Gasteiger partial charge in [0.2, 0.25) is 0 Å². The third-order valence-corrected chi connectivity index (χ3v) is 7.18. The Balaban J connectivity index is 1.39. The number of aliphatic hydroxyl groups is 1. The maximum Gasteiger partial charge on any atom is 0.149 e. The molecule has 1 aliphatic carbocycles. The average Bonchev–Trinajstić information content (AvgIpc) is 2.87. The van der Waals surface area contributed by atoms with Gasteiger partial charge in [-0.25, -0.2) is 13.8 Å². The van der Waals surface area contributed by atoms with Crippen LogP contribution in [-0.4, -0.2) is 67.3 Å². The molecular weight excluding hydrogens is 466 g/mol. The summed E-state index contributed by atoms with van der Waals surface area (Å²) in [7, 11) is 1.71. The highest BCUT2D eigenvalue weighted by Crippen LogP contribution is 2.30. The minimum absolute atomic E-state index is 0.199. The molecule has 0 bridgehead atoms. The number of nitrogens with zero attached hydrogens (tertiary/aromatic N) is 1. The molecule has 1 atom stereocenters. The highest BCUT2D eigenvalue weighted by Gasteiger charge is 2.30. The Morgan fingerprint density at radius 1 is 1.11 bits per heavy atom. The molecule has 0 spiro atoms. The van der Waals surface area contributed by atoms with Gasteiger partial charge in [0.25, 0.3) is 0 Å². The monoisotopic (exact) mass is 504 g/mol. The van der Waals surface area contributed by atoms with Crippen LogP contribution in [-0.2, 0) is 9.47 Å². The van der Waals surface area contributed by atoms with Gasteiger partial charge in [0, 0.05) is 63.4 Å². The molecule has 9 heteroatoms. The van der Waals surface area contributed by atoms with Crippen molar-refractivity contribution in [3.63, 3.8) is 0 Å². The second-order valence-electron chi connectivity index (χ2n) is 10.2. The summed E-state index contributed by atoms with van der Waals surface area (Å²) in [5, 5.41) is 20.7. The molecule has 1 saturated heterocycles. The predicted octanol–water partition coefficient (Wildman–Crippen LogP) is 4.33. The molecule has 4 rings (SSSR count). The van der Waals surface area contributed by atoms with Crippen LogP contribution in [0.4, 0.5) is 20.3 Å². The first kappa shape index (κ1) is 26.7. The molecule has 36 heavy (non-hydrogen) atoms. The molecule has 1 aromatic carbocycles. The molecular formula is C27H38F2N4O3. The molecule has 1 aliphatic heterocycles. The molecule has 0 unspecified atom stereocenters. The number of rotatable bonds is 10.